The maximum absolute atomic E-state index is 12.7. The number of carbonyl (C=O) groups excluding carboxylic acids is 2. The average Bonchev–Trinajstić information content (AvgIpc) is 2.81. The molecule has 1 aliphatic rings. The lowest BCUT2D eigenvalue weighted by Gasteiger charge is -2.08. The average molecular weight is 303 g/mol. The standard InChI is InChI=1S/C19H10FNO2/c20-15-11-9-14(10-12-15)6-2-1-5-13-21-18(22)16-7-3-4-8-17(16)19(21)23/h3-4,7-12H,13H2. The largest absolute Gasteiger partial charge is 0.269 e. The van der Waals surface area contributed by atoms with E-state index in [9.17, 15) is 14.0 Å². The van der Waals surface area contributed by atoms with Crippen molar-refractivity contribution in [3.05, 3.63) is 71.0 Å². The van der Waals surface area contributed by atoms with Crippen LogP contribution in [0.1, 0.15) is 26.3 Å². The molecule has 110 valence electrons. The van der Waals surface area contributed by atoms with Gasteiger partial charge in [-0.05, 0) is 48.2 Å². The molecule has 0 spiro atoms. The number of hydrogen-bond donors (Lipinski definition) is 0. The third-order valence-corrected chi connectivity index (χ3v) is 3.32. The number of amides is 2. The number of halogens is 1. The van der Waals surface area contributed by atoms with E-state index in [0.717, 1.165) is 4.90 Å². The first-order chi connectivity index (χ1) is 11.2. The first-order valence-electron chi connectivity index (χ1n) is 6.86. The van der Waals surface area contributed by atoms with E-state index in [2.05, 4.69) is 23.7 Å². The van der Waals surface area contributed by atoms with Crippen LogP contribution in [0.2, 0.25) is 0 Å². The Morgan fingerprint density at radius 1 is 0.870 bits per heavy atom. The third-order valence-electron chi connectivity index (χ3n) is 3.32. The Morgan fingerprint density at radius 2 is 1.48 bits per heavy atom. The Morgan fingerprint density at radius 3 is 2.09 bits per heavy atom. The van der Waals surface area contributed by atoms with Crippen LogP contribution in [0.5, 0.6) is 0 Å². The van der Waals surface area contributed by atoms with Gasteiger partial charge in [-0.15, -0.1) is 0 Å². The number of imide groups is 1. The summed E-state index contributed by atoms with van der Waals surface area (Å²) in [7, 11) is 0. The predicted molar refractivity (Wildman–Crippen MR) is 82.9 cm³/mol. The van der Waals surface area contributed by atoms with Crippen molar-refractivity contribution in [1.29, 1.82) is 0 Å². The Bertz CT molecular complexity index is 873. The molecule has 0 radical (unpaired) electrons. The number of hydrogen-bond acceptors (Lipinski definition) is 2. The van der Waals surface area contributed by atoms with Gasteiger partial charge in [0, 0.05) is 5.56 Å². The molecule has 4 heteroatoms. The molecule has 2 amide bonds. The van der Waals surface area contributed by atoms with Gasteiger partial charge in [0.2, 0.25) is 0 Å². The Labute approximate surface area is 132 Å². The number of carbonyl (C=O) groups is 2. The van der Waals surface area contributed by atoms with Gasteiger partial charge in [0.1, 0.15) is 5.82 Å². The summed E-state index contributed by atoms with van der Waals surface area (Å²) < 4.78 is 12.7. The van der Waals surface area contributed by atoms with Gasteiger partial charge in [-0.3, -0.25) is 14.5 Å². The van der Waals surface area contributed by atoms with Crippen molar-refractivity contribution in [1.82, 2.24) is 4.90 Å². The van der Waals surface area contributed by atoms with Crippen molar-refractivity contribution in [2.45, 2.75) is 0 Å². The van der Waals surface area contributed by atoms with E-state index in [0.29, 0.717) is 16.7 Å². The highest BCUT2D eigenvalue weighted by molar-refractivity contribution is 6.21. The second-order valence-electron chi connectivity index (χ2n) is 4.80. The summed E-state index contributed by atoms with van der Waals surface area (Å²) in [5.41, 5.74) is 1.44. The van der Waals surface area contributed by atoms with Gasteiger partial charge in [-0.2, -0.15) is 0 Å². The zero-order chi connectivity index (χ0) is 16.2. The molecule has 0 aliphatic carbocycles. The summed E-state index contributed by atoms with van der Waals surface area (Å²) >= 11 is 0. The summed E-state index contributed by atoms with van der Waals surface area (Å²) in [5, 5.41) is 0. The van der Waals surface area contributed by atoms with Crippen LogP contribution in [0.15, 0.2) is 48.5 Å². The van der Waals surface area contributed by atoms with Crippen molar-refractivity contribution in [2.75, 3.05) is 6.54 Å². The van der Waals surface area contributed by atoms with Gasteiger partial charge < -0.3 is 0 Å². The molecule has 1 aliphatic heterocycles. The fourth-order valence-corrected chi connectivity index (χ4v) is 2.18. The second kappa shape index (κ2) is 6.17. The van der Waals surface area contributed by atoms with Gasteiger partial charge in [-0.1, -0.05) is 24.0 Å². The minimum Gasteiger partial charge on any atom is -0.269 e. The molecule has 2 aromatic rings. The van der Waals surface area contributed by atoms with Crippen LogP contribution in [0.25, 0.3) is 0 Å². The first kappa shape index (κ1) is 14.6. The maximum Gasteiger partial charge on any atom is 0.262 e. The normalized spacial score (nSPS) is 12.1. The predicted octanol–water partition coefficient (Wildman–Crippen LogP) is 2.48. The lowest BCUT2D eigenvalue weighted by atomic mass is 10.1. The van der Waals surface area contributed by atoms with E-state index in [1.165, 1.54) is 12.1 Å². The van der Waals surface area contributed by atoms with Crippen LogP contribution < -0.4 is 0 Å². The summed E-state index contributed by atoms with van der Waals surface area (Å²) in [6, 6.07) is 12.4. The monoisotopic (exact) mass is 303 g/mol. The van der Waals surface area contributed by atoms with Crippen molar-refractivity contribution < 1.29 is 14.0 Å². The Balaban J connectivity index is 1.68. The zero-order valence-corrected chi connectivity index (χ0v) is 12.0. The molecule has 1 heterocycles. The molecule has 0 saturated carbocycles. The van der Waals surface area contributed by atoms with E-state index in [4.69, 9.17) is 0 Å². The van der Waals surface area contributed by atoms with Crippen molar-refractivity contribution >= 4 is 11.8 Å². The number of nitrogens with zero attached hydrogens (tertiary/aromatic N) is 1. The van der Waals surface area contributed by atoms with E-state index in [1.807, 2.05) is 0 Å². The van der Waals surface area contributed by atoms with Crippen LogP contribution in [0, 0.1) is 29.5 Å². The van der Waals surface area contributed by atoms with Crippen LogP contribution in [-0.2, 0) is 0 Å². The molecule has 0 atom stereocenters. The lowest BCUT2D eigenvalue weighted by molar-refractivity contribution is 0.0675. The lowest BCUT2D eigenvalue weighted by Crippen LogP contribution is -2.29. The number of rotatable bonds is 1. The molecular formula is C19H10FNO2. The minimum absolute atomic E-state index is 0.00948. The first-order valence-corrected chi connectivity index (χ1v) is 6.86. The SMILES string of the molecule is O=C1c2ccccc2C(=O)N1CC#CC#Cc1ccc(F)cc1. The fourth-order valence-electron chi connectivity index (χ4n) is 2.18. The third kappa shape index (κ3) is 2.97. The van der Waals surface area contributed by atoms with Crippen molar-refractivity contribution in [3.8, 4) is 23.7 Å². The molecule has 3 rings (SSSR count). The van der Waals surface area contributed by atoms with Crippen molar-refractivity contribution in [2.24, 2.45) is 0 Å². The molecule has 0 aromatic heterocycles. The molecular weight excluding hydrogens is 293 g/mol. The molecule has 2 aromatic carbocycles. The molecule has 0 N–H and O–H groups in total. The van der Waals surface area contributed by atoms with Gasteiger partial charge >= 0.3 is 0 Å². The highest BCUT2D eigenvalue weighted by Crippen LogP contribution is 2.21. The van der Waals surface area contributed by atoms with Crippen LogP contribution in [0.4, 0.5) is 4.39 Å². The Kier molecular flexibility index (Phi) is 3.91. The summed E-state index contributed by atoms with van der Waals surface area (Å²) in [6.45, 7) is -0.00948. The fraction of sp³-hybridized carbons (Fsp3) is 0.0526. The smallest absolute Gasteiger partial charge is 0.262 e. The van der Waals surface area contributed by atoms with Gasteiger partial charge in [-0.25, -0.2) is 4.39 Å². The zero-order valence-electron chi connectivity index (χ0n) is 12.0. The molecule has 3 nitrogen and oxygen atoms in total. The summed E-state index contributed by atoms with van der Waals surface area (Å²) in [5.74, 6) is 9.65. The van der Waals surface area contributed by atoms with E-state index in [1.54, 1.807) is 36.4 Å². The highest BCUT2D eigenvalue weighted by Gasteiger charge is 2.34. The molecule has 0 fully saturated rings. The van der Waals surface area contributed by atoms with Crippen LogP contribution in [0.3, 0.4) is 0 Å². The minimum atomic E-state index is -0.341. The van der Waals surface area contributed by atoms with Gasteiger partial charge in [0.15, 0.2) is 0 Å². The second-order valence-corrected chi connectivity index (χ2v) is 4.80. The molecule has 23 heavy (non-hydrogen) atoms. The number of fused-ring (bicyclic) bond motifs is 1. The molecule has 0 unspecified atom stereocenters. The highest BCUT2D eigenvalue weighted by atomic mass is 19.1. The summed E-state index contributed by atoms with van der Waals surface area (Å²) in [4.78, 5) is 25.3. The molecule has 0 bridgehead atoms. The molecule has 0 saturated heterocycles. The van der Waals surface area contributed by atoms with E-state index < -0.39 is 0 Å². The van der Waals surface area contributed by atoms with E-state index in [-0.39, 0.29) is 24.2 Å². The van der Waals surface area contributed by atoms with Gasteiger partial charge in [0.25, 0.3) is 11.8 Å². The van der Waals surface area contributed by atoms with Gasteiger partial charge in [0.05, 0.1) is 17.7 Å². The topological polar surface area (TPSA) is 37.4 Å². The maximum atomic E-state index is 12.7. The number of benzene rings is 2. The van der Waals surface area contributed by atoms with Crippen molar-refractivity contribution in [3.63, 3.8) is 0 Å². The van der Waals surface area contributed by atoms with Crippen LogP contribution >= 0.6 is 0 Å². The van der Waals surface area contributed by atoms with E-state index >= 15 is 0 Å². The summed E-state index contributed by atoms with van der Waals surface area (Å²) in [6.07, 6.45) is 0. The van der Waals surface area contributed by atoms with Crippen LogP contribution in [-0.4, -0.2) is 23.3 Å². The Hall–Kier alpha value is -3.37. The quantitative estimate of drug-likeness (QED) is 0.599.